The van der Waals surface area contributed by atoms with Crippen LogP contribution in [-0.2, 0) is 4.79 Å². The molecule has 0 spiro atoms. The van der Waals surface area contributed by atoms with E-state index < -0.39 is 11.9 Å². The van der Waals surface area contributed by atoms with E-state index in [9.17, 15) is 14.7 Å². The summed E-state index contributed by atoms with van der Waals surface area (Å²) in [6.45, 7) is 9.43. The molecule has 0 rings (SSSR count). The number of carbonyl (C=O) groups excluding carboxylic acids is 1. The monoisotopic (exact) mass is 301 g/mol. The van der Waals surface area contributed by atoms with Gasteiger partial charge in [0.1, 0.15) is 0 Å². The predicted molar refractivity (Wildman–Crippen MR) is 84.4 cm³/mol. The first kappa shape index (κ1) is 19.7. The van der Waals surface area contributed by atoms with Gasteiger partial charge < -0.3 is 20.2 Å². The minimum absolute atomic E-state index is 0.0818. The summed E-state index contributed by atoms with van der Waals surface area (Å²) >= 11 is 0. The Morgan fingerprint density at radius 2 is 1.76 bits per heavy atom. The molecule has 0 aromatic carbocycles. The van der Waals surface area contributed by atoms with Crippen LogP contribution in [0.4, 0.5) is 4.79 Å². The summed E-state index contributed by atoms with van der Waals surface area (Å²) in [6.07, 6.45) is 0.564. The highest BCUT2D eigenvalue weighted by Gasteiger charge is 2.23. The SMILES string of the molecule is CCN(C(=O)NCC(CC(C)C)C(=O)O)C(C)CN(C)C. The van der Waals surface area contributed by atoms with Crippen molar-refractivity contribution in [1.82, 2.24) is 15.1 Å². The third-order valence-corrected chi connectivity index (χ3v) is 3.37. The van der Waals surface area contributed by atoms with Gasteiger partial charge in [-0.15, -0.1) is 0 Å². The zero-order valence-corrected chi connectivity index (χ0v) is 14.2. The average molecular weight is 301 g/mol. The quantitative estimate of drug-likeness (QED) is 0.680. The number of likely N-dealkylation sites (N-methyl/N-ethyl adjacent to an activating group) is 2. The Labute approximate surface area is 128 Å². The van der Waals surface area contributed by atoms with E-state index in [1.165, 1.54) is 0 Å². The Bertz CT molecular complexity index is 332. The molecule has 124 valence electrons. The van der Waals surface area contributed by atoms with Crippen LogP contribution in [0.5, 0.6) is 0 Å². The summed E-state index contributed by atoms with van der Waals surface area (Å²) in [5.74, 6) is -1.09. The van der Waals surface area contributed by atoms with Crippen LogP contribution in [0.2, 0.25) is 0 Å². The van der Waals surface area contributed by atoms with Crippen molar-refractivity contribution in [3.05, 3.63) is 0 Å². The van der Waals surface area contributed by atoms with Gasteiger partial charge in [0.15, 0.2) is 0 Å². The molecule has 0 fully saturated rings. The molecular weight excluding hydrogens is 270 g/mol. The van der Waals surface area contributed by atoms with E-state index in [-0.39, 0.29) is 24.5 Å². The second-order valence-electron chi connectivity index (χ2n) is 6.25. The normalized spacial score (nSPS) is 14.1. The standard InChI is InChI=1S/C15H31N3O3/c1-7-18(12(4)10-17(5)6)15(21)16-9-13(14(19)20)8-11(2)3/h11-13H,7-10H2,1-6H3,(H,16,21)(H,19,20). The van der Waals surface area contributed by atoms with E-state index in [0.717, 1.165) is 6.54 Å². The molecule has 0 saturated carbocycles. The molecule has 0 aliphatic rings. The fourth-order valence-corrected chi connectivity index (χ4v) is 2.44. The largest absolute Gasteiger partial charge is 0.481 e. The predicted octanol–water partition coefficient (Wildman–Crippen LogP) is 1.71. The van der Waals surface area contributed by atoms with Gasteiger partial charge in [-0.25, -0.2) is 4.79 Å². The lowest BCUT2D eigenvalue weighted by atomic mass is 9.97. The van der Waals surface area contributed by atoms with Crippen molar-refractivity contribution in [1.29, 1.82) is 0 Å². The summed E-state index contributed by atoms with van der Waals surface area (Å²) in [6, 6.07) is -0.111. The van der Waals surface area contributed by atoms with E-state index in [1.54, 1.807) is 4.90 Å². The fourth-order valence-electron chi connectivity index (χ4n) is 2.44. The average Bonchev–Trinajstić information content (AvgIpc) is 2.33. The van der Waals surface area contributed by atoms with Gasteiger partial charge >= 0.3 is 12.0 Å². The molecular formula is C15H31N3O3. The molecule has 0 radical (unpaired) electrons. The minimum Gasteiger partial charge on any atom is -0.481 e. The maximum absolute atomic E-state index is 12.2. The highest BCUT2D eigenvalue weighted by atomic mass is 16.4. The number of hydrogen-bond donors (Lipinski definition) is 2. The maximum atomic E-state index is 12.2. The number of amides is 2. The molecule has 6 heteroatoms. The van der Waals surface area contributed by atoms with Crippen molar-refractivity contribution in [3.8, 4) is 0 Å². The van der Waals surface area contributed by atoms with Gasteiger partial charge in [-0.05, 0) is 40.3 Å². The number of carboxylic acids is 1. The first-order valence-electron chi connectivity index (χ1n) is 7.60. The number of hydrogen-bond acceptors (Lipinski definition) is 3. The number of carboxylic acid groups (broad SMARTS) is 1. The van der Waals surface area contributed by atoms with Crippen molar-refractivity contribution in [2.75, 3.05) is 33.7 Å². The van der Waals surface area contributed by atoms with E-state index in [4.69, 9.17) is 0 Å². The molecule has 0 saturated heterocycles. The number of aliphatic carboxylic acids is 1. The summed E-state index contributed by atoms with van der Waals surface area (Å²) in [5, 5.41) is 11.9. The number of nitrogens with one attached hydrogen (secondary N) is 1. The molecule has 2 amide bonds. The Morgan fingerprint density at radius 3 is 2.14 bits per heavy atom. The van der Waals surface area contributed by atoms with Crippen LogP contribution in [0.15, 0.2) is 0 Å². The van der Waals surface area contributed by atoms with Crippen LogP contribution in [0.25, 0.3) is 0 Å². The van der Waals surface area contributed by atoms with Crippen LogP contribution >= 0.6 is 0 Å². The van der Waals surface area contributed by atoms with Crippen molar-refractivity contribution in [2.24, 2.45) is 11.8 Å². The highest BCUT2D eigenvalue weighted by molar-refractivity contribution is 5.76. The van der Waals surface area contributed by atoms with Gasteiger partial charge in [-0.1, -0.05) is 13.8 Å². The van der Waals surface area contributed by atoms with Crippen molar-refractivity contribution < 1.29 is 14.7 Å². The van der Waals surface area contributed by atoms with Crippen LogP contribution in [0, 0.1) is 11.8 Å². The second kappa shape index (κ2) is 9.60. The third-order valence-electron chi connectivity index (χ3n) is 3.37. The minimum atomic E-state index is -0.853. The number of rotatable bonds is 9. The number of urea groups is 1. The smallest absolute Gasteiger partial charge is 0.317 e. The van der Waals surface area contributed by atoms with Gasteiger partial charge in [-0.2, -0.15) is 0 Å². The molecule has 2 unspecified atom stereocenters. The van der Waals surface area contributed by atoms with E-state index in [1.807, 2.05) is 46.7 Å². The summed E-state index contributed by atoms with van der Waals surface area (Å²) in [7, 11) is 3.93. The lowest BCUT2D eigenvalue weighted by Crippen LogP contribution is -2.49. The van der Waals surface area contributed by atoms with E-state index in [0.29, 0.717) is 13.0 Å². The summed E-state index contributed by atoms with van der Waals surface area (Å²) < 4.78 is 0. The number of nitrogens with zero attached hydrogens (tertiary/aromatic N) is 2. The molecule has 0 aromatic heterocycles. The van der Waals surface area contributed by atoms with Crippen molar-refractivity contribution in [2.45, 2.75) is 40.2 Å². The molecule has 2 atom stereocenters. The first-order valence-corrected chi connectivity index (χ1v) is 7.60. The molecule has 0 heterocycles. The van der Waals surface area contributed by atoms with Crippen LogP contribution in [0.1, 0.15) is 34.1 Å². The molecule has 6 nitrogen and oxygen atoms in total. The topological polar surface area (TPSA) is 72.9 Å². The molecule has 0 aromatic rings. The zero-order chi connectivity index (χ0) is 16.6. The van der Waals surface area contributed by atoms with Gasteiger partial charge in [0, 0.05) is 25.7 Å². The molecule has 0 aliphatic heterocycles. The fraction of sp³-hybridized carbons (Fsp3) is 0.867. The van der Waals surface area contributed by atoms with Crippen molar-refractivity contribution in [3.63, 3.8) is 0 Å². The van der Waals surface area contributed by atoms with Gasteiger partial charge in [0.2, 0.25) is 0 Å². The first-order chi connectivity index (χ1) is 9.68. The van der Waals surface area contributed by atoms with Crippen LogP contribution in [-0.4, -0.2) is 66.7 Å². The Morgan fingerprint density at radius 1 is 1.19 bits per heavy atom. The van der Waals surface area contributed by atoms with Gasteiger partial charge in [0.25, 0.3) is 0 Å². The Kier molecular flexibility index (Phi) is 9.01. The molecule has 0 aliphatic carbocycles. The summed E-state index contributed by atoms with van der Waals surface area (Å²) in [5.41, 5.74) is 0. The lowest BCUT2D eigenvalue weighted by Gasteiger charge is -2.30. The number of carbonyl (C=O) groups is 2. The lowest BCUT2D eigenvalue weighted by molar-refractivity contribution is -0.142. The van der Waals surface area contributed by atoms with Gasteiger partial charge in [-0.3, -0.25) is 4.79 Å². The maximum Gasteiger partial charge on any atom is 0.317 e. The Hall–Kier alpha value is -1.30. The van der Waals surface area contributed by atoms with Crippen LogP contribution in [0.3, 0.4) is 0 Å². The van der Waals surface area contributed by atoms with Crippen molar-refractivity contribution >= 4 is 12.0 Å². The van der Waals surface area contributed by atoms with E-state index in [2.05, 4.69) is 5.32 Å². The van der Waals surface area contributed by atoms with Gasteiger partial charge in [0.05, 0.1) is 5.92 Å². The Balaban J connectivity index is 4.52. The third kappa shape index (κ3) is 7.90. The summed E-state index contributed by atoms with van der Waals surface area (Å²) in [4.78, 5) is 27.2. The molecule has 0 bridgehead atoms. The molecule has 2 N–H and O–H groups in total. The van der Waals surface area contributed by atoms with Crippen LogP contribution < -0.4 is 5.32 Å². The van der Waals surface area contributed by atoms with E-state index >= 15 is 0 Å². The highest BCUT2D eigenvalue weighted by Crippen LogP contribution is 2.11. The second-order valence-corrected chi connectivity index (χ2v) is 6.25. The zero-order valence-electron chi connectivity index (χ0n) is 14.2. The molecule has 21 heavy (non-hydrogen) atoms.